The zero-order valence-electron chi connectivity index (χ0n) is 11.6. The van der Waals surface area contributed by atoms with Gasteiger partial charge in [-0.05, 0) is 32.3 Å². The Kier molecular flexibility index (Phi) is 3.58. The minimum Gasteiger partial charge on any atom is -0.461 e. The van der Waals surface area contributed by atoms with Crippen molar-refractivity contribution in [1.29, 1.82) is 0 Å². The molecule has 1 heterocycles. The van der Waals surface area contributed by atoms with E-state index in [9.17, 15) is 0 Å². The number of ether oxygens (including phenoxy) is 1. The molecule has 19 heavy (non-hydrogen) atoms. The first-order valence-corrected chi connectivity index (χ1v) is 7.03. The van der Waals surface area contributed by atoms with Crippen LogP contribution >= 0.6 is 0 Å². The van der Waals surface area contributed by atoms with Crippen LogP contribution in [0.5, 0.6) is 0 Å². The molecule has 2 aromatic rings. The van der Waals surface area contributed by atoms with Gasteiger partial charge in [-0.1, -0.05) is 18.2 Å². The van der Waals surface area contributed by atoms with E-state index < -0.39 is 0 Å². The molecule has 0 amide bonds. The van der Waals surface area contributed by atoms with E-state index in [-0.39, 0.29) is 0 Å². The molecule has 3 nitrogen and oxygen atoms in total. The van der Waals surface area contributed by atoms with Crippen LogP contribution in [0.15, 0.2) is 28.7 Å². The van der Waals surface area contributed by atoms with Crippen LogP contribution in [0.3, 0.4) is 0 Å². The smallest absolute Gasteiger partial charge is 0.134 e. The lowest BCUT2D eigenvalue weighted by Crippen LogP contribution is -2.36. The largest absolute Gasteiger partial charge is 0.461 e. The fourth-order valence-corrected chi connectivity index (χ4v) is 3.12. The second kappa shape index (κ2) is 5.35. The standard InChI is InChI=1S/C16H21NO2/c1-11-13(12-6-3-4-8-15(12)19-11)10-17-14-7-5-9-16(14)18-2/h3-4,6,8,14,16-17H,5,7,9-10H2,1-2H3. The summed E-state index contributed by atoms with van der Waals surface area (Å²) >= 11 is 0. The molecule has 0 aliphatic heterocycles. The van der Waals surface area contributed by atoms with Crippen molar-refractivity contribution in [2.75, 3.05) is 7.11 Å². The van der Waals surface area contributed by atoms with Crippen LogP contribution in [-0.4, -0.2) is 19.3 Å². The van der Waals surface area contributed by atoms with Gasteiger partial charge in [-0.25, -0.2) is 0 Å². The summed E-state index contributed by atoms with van der Waals surface area (Å²) in [4.78, 5) is 0. The lowest BCUT2D eigenvalue weighted by Gasteiger charge is -2.19. The SMILES string of the molecule is COC1CCCC1NCc1c(C)oc2ccccc12. The topological polar surface area (TPSA) is 34.4 Å². The highest BCUT2D eigenvalue weighted by atomic mass is 16.5. The normalized spacial score (nSPS) is 23.3. The average Bonchev–Trinajstić information content (AvgIpc) is 2.99. The summed E-state index contributed by atoms with van der Waals surface area (Å²) in [6.45, 7) is 2.90. The number of hydrogen-bond acceptors (Lipinski definition) is 3. The number of methoxy groups -OCH3 is 1. The predicted octanol–water partition coefficient (Wildman–Crippen LogP) is 3.40. The molecule has 2 unspecified atom stereocenters. The van der Waals surface area contributed by atoms with Gasteiger partial charge in [0.05, 0.1) is 6.10 Å². The Balaban J connectivity index is 1.76. The van der Waals surface area contributed by atoms with Crippen LogP contribution in [-0.2, 0) is 11.3 Å². The number of nitrogens with one attached hydrogen (secondary N) is 1. The molecule has 0 spiro atoms. The molecular formula is C16H21NO2. The maximum absolute atomic E-state index is 5.80. The van der Waals surface area contributed by atoms with Crippen LogP contribution in [0.1, 0.15) is 30.6 Å². The number of aryl methyl sites for hydroxylation is 1. The fourth-order valence-electron chi connectivity index (χ4n) is 3.12. The average molecular weight is 259 g/mol. The van der Waals surface area contributed by atoms with Crippen molar-refractivity contribution >= 4 is 11.0 Å². The molecule has 3 heteroatoms. The van der Waals surface area contributed by atoms with E-state index in [1.165, 1.54) is 30.2 Å². The van der Waals surface area contributed by atoms with Crippen molar-refractivity contribution in [3.8, 4) is 0 Å². The van der Waals surface area contributed by atoms with Gasteiger partial charge in [-0.2, -0.15) is 0 Å². The highest BCUT2D eigenvalue weighted by molar-refractivity contribution is 5.82. The van der Waals surface area contributed by atoms with Crippen LogP contribution in [0.2, 0.25) is 0 Å². The molecule has 1 N–H and O–H groups in total. The fraction of sp³-hybridized carbons (Fsp3) is 0.500. The molecule has 0 bridgehead atoms. The van der Waals surface area contributed by atoms with Gasteiger partial charge in [0.15, 0.2) is 0 Å². The summed E-state index contributed by atoms with van der Waals surface area (Å²) in [5, 5.41) is 4.85. The highest BCUT2D eigenvalue weighted by Gasteiger charge is 2.26. The number of rotatable bonds is 4. The Labute approximate surface area is 113 Å². The van der Waals surface area contributed by atoms with E-state index in [2.05, 4.69) is 17.4 Å². The van der Waals surface area contributed by atoms with E-state index in [1.54, 1.807) is 0 Å². The van der Waals surface area contributed by atoms with E-state index in [4.69, 9.17) is 9.15 Å². The first-order valence-electron chi connectivity index (χ1n) is 7.03. The van der Waals surface area contributed by atoms with E-state index >= 15 is 0 Å². The van der Waals surface area contributed by atoms with Crippen LogP contribution < -0.4 is 5.32 Å². The van der Waals surface area contributed by atoms with Gasteiger partial charge in [-0.3, -0.25) is 0 Å². The molecule has 1 aliphatic rings. The van der Waals surface area contributed by atoms with Crippen LogP contribution in [0.25, 0.3) is 11.0 Å². The summed E-state index contributed by atoms with van der Waals surface area (Å²) in [7, 11) is 1.81. The second-order valence-corrected chi connectivity index (χ2v) is 5.33. The summed E-state index contributed by atoms with van der Waals surface area (Å²) in [6, 6.07) is 8.71. The predicted molar refractivity (Wildman–Crippen MR) is 76.2 cm³/mol. The van der Waals surface area contributed by atoms with Gasteiger partial charge in [0.2, 0.25) is 0 Å². The molecule has 2 atom stereocenters. The quantitative estimate of drug-likeness (QED) is 0.913. The van der Waals surface area contributed by atoms with Crippen LogP contribution in [0, 0.1) is 6.92 Å². The Morgan fingerprint density at radius 2 is 2.16 bits per heavy atom. The highest BCUT2D eigenvalue weighted by Crippen LogP contribution is 2.26. The molecular weight excluding hydrogens is 238 g/mol. The molecule has 1 fully saturated rings. The van der Waals surface area contributed by atoms with Crippen molar-refractivity contribution in [1.82, 2.24) is 5.32 Å². The first kappa shape index (κ1) is 12.7. The number of fused-ring (bicyclic) bond motifs is 1. The Morgan fingerprint density at radius 1 is 1.32 bits per heavy atom. The summed E-state index contributed by atoms with van der Waals surface area (Å²) in [5.41, 5.74) is 2.25. The zero-order chi connectivity index (χ0) is 13.2. The lowest BCUT2D eigenvalue weighted by molar-refractivity contribution is 0.0847. The number of benzene rings is 1. The zero-order valence-corrected chi connectivity index (χ0v) is 11.6. The lowest BCUT2D eigenvalue weighted by atomic mass is 10.1. The third-order valence-corrected chi connectivity index (χ3v) is 4.20. The Morgan fingerprint density at radius 3 is 3.00 bits per heavy atom. The molecule has 1 saturated carbocycles. The number of furan rings is 1. The van der Waals surface area contributed by atoms with Gasteiger partial charge in [0.25, 0.3) is 0 Å². The molecule has 3 rings (SSSR count). The first-order chi connectivity index (χ1) is 9.29. The Bertz CT molecular complexity index is 561. The number of hydrogen-bond donors (Lipinski definition) is 1. The molecule has 0 radical (unpaired) electrons. The van der Waals surface area contributed by atoms with Crippen molar-refractivity contribution in [2.45, 2.75) is 44.9 Å². The van der Waals surface area contributed by atoms with Gasteiger partial charge >= 0.3 is 0 Å². The summed E-state index contributed by atoms with van der Waals surface area (Å²) < 4.78 is 11.3. The summed E-state index contributed by atoms with van der Waals surface area (Å²) in [6.07, 6.45) is 3.98. The third-order valence-electron chi connectivity index (χ3n) is 4.20. The summed E-state index contributed by atoms with van der Waals surface area (Å²) in [5.74, 6) is 1.01. The number of para-hydroxylation sites is 1. The van der Waals surface area contributed by atoms with Gasteiger partial charge < -0.3 is 14.5 Å². The Hall–Kier alpha value is -1.32. The minimum atomic E-state index is 0.360. The maximum Gasteiger partial charge on any atom is 0.134 e. The van der Waals surface area contributed by atoms with Gasteiger partial charge in [0, 0.05) is 30.6 Å². The van der Waals surface area contributed by atoms with Crippen molar-refractivity contribution in [3.63, 3.8) is 0 Å². The molecule has 1 aromatic carbocycles. The third kappa shape index (κ3) is 2.40. The maximum atomic E-state index is 5.80. The molecule has 102 valence electrons. The second-order valence-electron chi connectivity index (χ2n) is 5.33. The van der Waals surface area contributed by atoms with Crippen molar-refractivity contribution < 1.29 is 9.15 Å². The van der Waals surface area contributed by atoms with Crippen LogP contribution in [0.4, 0.5) is 0 Å². The van der Waals surface area contributed by atoms with E-state index in [0.717, 1.165) is 17.9 Å². The molecule has 0 saturated heterocycles. The van der Waals surface area contributed by atoms with Gasteiger partial charge in [-0.15, -0.1) is 0 Å². The van der Waals surface area contributed by atoms with Gasteiger partial charge in [0.1, 0.15) is 11.3 Å². The minimum absolute atomic E-state index is 0.360. The van der Waals surface area contributed by atoms with Crippen molar-refractivity contribution in [2.24, 2.45) is 0 Å². The monoisotopic (exact) mass is 259 g/mol. The van der Waals surface area contributed by atoms with E-state index in [0.29, 0.717) is 12.1 Å². The molecule has 1 aromatic heterocycles. The van der Waals surface area contributed by atoms with Crippen molar-refractivity contribution in [3.05, 3.63) is 35.6 Å². The van der Waals surface area contributed by atoms with E-state index in [1.807, 2.05) is 26.2 Å². The molecule has 1 aliphatic carbocycles.